The minimum absolute atomic E-state index is 0.0687. The summed E-state index contributed by atoms with van der Waals surface area (Å²) in [6.45, 7) is -0.137. The molecule has 0 saturated carbocycles. The first-order valence-corrected chi connectivity index (χ1v) is 5.46. The predicted octanol–water partition coefficient (Wildman–Crippen LogP) is 1.03. The van der Waals surface area contributed by atoms with E-state index in [1.54, 1.807) is 18.5 Å². The van der Waals surface area contributed by atoms with Crippen LogP contribution in [0.1, 0.15) is 5.69 Å². The summed E-state index contributed by atoms with van der Waals surface area (Å²) in [7, 11) is 1.83. The highest BCUT2D eigenvalue weighted by atomic mass is 127. The van der Waals surface area contributed by atoms with Crippen LogP contribution in [0.25, 0.3) is 10.9 Å². The van der Waals surface area contributed by atoms with Crippen LogP contribution in [0.4, 0.5) is 0 Å². The Bertz CT molecular complexity index is 577. The molecule has 0 aliphatic heterocycles. The second-order valence-electron chi connectivity index (χ2n) is 3.20. The molecule has 5 heteroatoms. The lowest BCUT2D eigenvalue weighted by Crippen LogP contribution is -2.17. The van der Waals surface area contributed by atoms with Crippen LogP contribution in [-0.4, -0.2) is 14.7 Å². The van der Waals surface area contributed by atoms with Gasteiger partial charge in [-0.05, 0) is 28.7 Å². The normalized spacial score (nSPS) is 10.9. The molecule has 78 valence electrons. The van der Waals surface area contributed by atoms with Gasteiger partial charge in [0.15, 0.2) is 0 Å². The van der Waals surface area contributed by atoms with Gasteiger partial charge in [-0.25, -0.2) is 0 Å². The Morgan fingerprint density at radius 1 is 1.60 bits per heavy atom. The van der Waals surface area contributed by atoms with Crippen molar-refractivity contribution in [3.05, 3.63) is 37.9 Å². The van der Waals surface area contributed by atoms with Gasteiger partial charge in [0.2, 0.25) is 5.43 Å². The second kappa shape index (κ2) is 3.90. The van der Waals surface area contributed by atoms with E-state index in [0.717, 1.165) is 5.52 Å². The zero-order valence-corrected chi connectivity index (χ0v) is 10.2. The van der Waals surface area contributed by atoms with Gasteiger partial charge in [-0.1, -0.05) is 0 Å². The van der Waals surface area contributed by atoms with Gasteiger partial charge in [-0.2, -0.15) is 0 Å². The first kappa shape index (κ1) is 10.6. The van der Waals surface area contributed by atoms with E-state index in [1.807, 2.05) is 34.2 Å². The average Bonchev–Trinajstić information content (AvgIpc) is 2.27. The molecular formula is C10H9IN2O2. The highest BCUT2D eigenvalue weighted by Gasteiger charge is 2.11. The number of fused-ring (bicyclic) bond motifs is 1. The Hall–Kier alpha value is -0.950. The fourth-order valence-corrected chi connectivity index (χ4v) is 2.39. The Kier molecular flexibility index (Phi) is 2.74. The molecule has 2 aromatic heterocycles. The summed E-state index contributed by atoms with van der Waals surface area (Å²) >= 11 is 1.96. The maximum absolute atomic E-state index is 11.9. The molecule has 0 radical (unpaired) electrons. The van der Waals surface area contributed by atoms with Crippen molar-refractivity contribution in [2.24, 2.45) is 7.05 Å². The van der Waals surface area contributed by atoms with Gasteiger partial charge >= 0.3 is 0 Å². The fraction of sp³-hybridized carbons (Fsp3) is 0.200. The summed E-state index contributed by atoms with van der Waals surface area (Å²) in [5, 5.41) is 9.79. The van der Waals surface area contributed by atoms with Crippen molar-refractivity contribution in [2.45, 2.75) is 6.61 Å². The first-order chi connectivity index (χ1) is 7.16. The zero-order valence-electron chi connectivity index (χ0n) is 8.07. The smallest absolute Gasteiger partial charge is 0.204 e. The van der Waals surface area contributed by atoms with E-state index in [0.29, 0.717) is 14.7 Å². The number of pyridine rings is 2. The maximum Gasteiger partial charge on any atom is 0.204 e. The van der Waals surface area contributed by atoms with Crippen molar-refractivity contribution in [1.29, 1.82) is 0 Å². The van der Waals surface area contributed by atoms with E-state index < -0.39 is 0 Å². The molecule has 0 spiro atoms. The highest BCUT2D eigenvalue weighted by molar-refractivity contribution is 14.1. The summed E-state index contributed by atoms with van der Waals surface area (Å²) in [6.07, 6.45) is 3.19. The fourth-order valence-electron chi connectivity index (χ4n) is 1.57. The quantitative estimate of drug-likeness (QED) is 0.800. The monoisotopic (exact) mass is 316 g/mol. The minimum Gasteiger partial charge on any atom is -0.390 e. The van der Waals surface area contributed by atoms with E-state index in [2.05, 4.69) is 4.98 Å². The van der Waals surface area contributed by atoms with Crippen molar-refractivity contribution in [3.8, 4) is 0 Å². The van der Waals surface area contributed by atoms with Gasteiger partial charge in [0.25, 0.3) is 0 Å². The molecule has 0 amide bonds. The number of hydrogen-bond donors (Lipinski definition) is 1. The van der Waals surface area contributed by atoms with E-state index in [9.17, 15) is 9.90 Å². The summed E-state index contributed by atoms with van der Waals surface area (Å²) < 4.78 is 2.37. The van der Waals surface area contributed by atoms with Crippen molar-refractivity contribution in [2.75, 3.05) is 0 Å². The Morgan fingerprint density at radius 3 is 3.00 bits per heavy atom. The van der Waals surface area contributed by atoms with Gasteiger partial charge in [-0.3, -0.25) is 9.78 Å². The molecular weight excluding hydrogens is 307 g/mol. The highest BCUT2D eigenvalue weighted by Crippen LogP contribution is 2.15. The molecule has 0 aliphatic rings. The summed E-state index contributed by atoms with van der Waals surface area (Å²) in [4.78, 5) is 15.8. The van der Waals surface area contributed by atoms with Gasteiger partial charge < -0.3 is 9.67 Å². The summed E-state index contributed by atoms with van der Waals surface area (Å²) in [5.41, 5.74) is 1.36. The topological polar surface area (TPSA) is 55.1 Å². The minimum atomic E-state index is -0.137. The molecule has 4 nitrogen and oxygen atoms in total. The van der Waals surface area contributed by atoms with Crippen LogP contribution in [-0.2, 0) is 13.7 Å². The molecule has 0 atom stereocenters. The number of nitrogens with zero attached hydrogens (tertiary/aromatic N) is 2. The molecule has 1 N–H and O–H groups in total. The van der Waals surface area contributed by atoms with Crippen LogP contribution in [0, 0.1) is 3.57 Å². The first-order valence-electron chi connectivity index (χ1n) is 4.38. The molecule has 0 fully saturated rings. The number of rotatable bonds is 1. The molecule has 2 aromatic rings. The number of aromatic nitrogens is 2. The van der Waals surface area contributed by atoms with Crippen LogP contribution in [0.5, 0.6) is 0 Å². The lowest BCUT2D eigenvalue weighted by atomic mass is 10.2. The summed E-state index contributed by atoms with van der Waals surface area (Å²) in [6, 6.07) is 1.77. The average molecular weight is 316 g/mol. The van der Waals surface area contributed by atoms with Crippen LogP contribution in [0.3, 0.4) is 0 Å². The van der Waals surface area contributed by atoms with E-state index >= 15 is 0 Å². The predicted molar refractivity (Wildman–Crippen MR) is 65.6 cm³/mol. The molecule has 15 heavy (non-hydrogen) atoms. The van der Waals surface area contributed by atoms with Crippen LogP contribution in [0.2, 0.25) is 0 Å². The number of aliphatic hydroxyl groups is 1. The van der Waals surface area contributed by atoms with E-state index in [4.69, 9.17) is 0 Å². The van der Waals surface area contributed by atoms with E-state index in [-0.39, 0.29) is 12.0 Å². The molecule has 2 rings (SSSR count). The molecule has 0 aliphatic carbocycles. The number of aryl methyl sites for hydroxylation is 1. The third kappa shape index (κ3) is 1.55. The van der Waals surface area contributed by atoms with Crippen molar-refractivity contribution >= 4 is 33.5 Å². The van der Waals surface area contributed by atoms with Gasteiger partial charge in [0, 0.05) is 19.4 Å². The van der Waals surface area contributed by atoms with Gasteiger partial charge in [0.05, 0.1) is 26.8 Å². The third-order valence-electron chi connectivity index (χ3n) is 2.41. The summed E-state index contributed by atoms with van der Waals surface area (Å²) in [5.74, 6) is 0. The van der Waals surface area contributed by atoms with Crippen LogP contribution >= 0.6 is 22.6 Å². The van der Waals surface area contributed by atoms with Crippen molar-refractivity contribution in [1.82, 2.24) is 9.55 Å². The maximum atomic E-state index is 11.9. The molecule has 0 aromatic carbocycles. The second-order valence-corrected chi connectivity index (χ2v) is 4.28. The number of halogens is 1. The van der Waals surface area contributed by atoms with Crippen LogP contribution < -0.4 is 5.43 Å². The number of hydrogen-bond acceptors (Lipinski definition) is 3. The molecule has 0 unspecified atom stereocenters. The Morgan fingerprint density at radius 2 is 2.33 bits per heavy atom. The molecule has 2 heterocycles. The standard InChI is InChI=1S/C10H9IN2O2/c1-13-7-2-3-12-4-6(7)10(15)9(11)8(13)5-14/h2-4,14H,5H2,1H3. The van der Waals surface area contributed by atoms with Crippen molar-refractivity contribution in [3.63, 3.8) is 0 Å². The third-order valence-corrected chi connectivity index (χ3v) is 3.52. The molecule has 0 saturated heterocycles. The van der Waals surface area contributed by atoms with Crippen molar-refractivity contribution < 1.29 is 5.11 Å². The number of aliphatic hydroxyl groups excluding tert-OH is 1. The Labute approximate surface area is 99.7 Å². The Balaban J connectivity index is 3.03. The van der Waals surface area contributed by atoms with Gasteiger partial charge in [0.1, 0.15) is 0 Å². The molecule has 0 bridgehead atoms. The lowest BCUT2D eigenvalue weighted by Gasteiger charge is -2.11. The lowest BCUT2D eigenvalue weighted by molar-refractivity contribution is 0.271. The van der Waals surface area contributed by atoms with E-state index in [1.165, 1.54) is 0 Å². The van der Waals surface area contributed by atoms with Crippen LogP contribution in [0.15, 0.2) is 23.3 Å². The zero-order chi connectivity index (χ0) is 11.0. The SMILES string of the molecule is Cn1c(CO)c(I)c(=O)c2cnccc21. The largest absolute Gasteiger partial charge is 0.390 e. The van der Waals surface area contributed by atoms with Gasteiger partial charge in [-0.15, -0.1) is 0 Å².